The normalized spacial score (nSPS) is 12.2. The Balaban J connectivity index is 2.62. The van der Waals surface area contributed by atoms with Crippen molar-refractivity contribution in [1.29, 1.82) is 0 Å². The van der Waals surface area contributed by atoms with E-state index in [1.165, 1.54) is 0 Å². The number of hydrogen-bond acceptors (Lipinski definition) is 3. The van der Waals surface area contributed by atoms with Crippen LogP contribution in [0.4, 0.5) is 13.2 Å². The third-order valence-corrected chi connectivity index (χ3v) is 2.10. The van der Waals surface area contributed by atoms with Crippen LogP contribution in [0.3, 0.4) is 0 Å². The molecule has 0 N–H and O–H groups in total. The Kier molecular flexibility index (Phi) is 5.34. The third kappa shape index (κ3) is 6.16. The molecule has 0 saturated carbocycles. The molecule has 0 radical (unpaired) electrons. The van der Waals surface area contributed by atoms with Gasteiger partial charge in [-0.15, -0.1) is 0 Å². The number of aromatic nitrogens is 2. The van der Waals surface area contributed by atoms with Crippen LogP contribution in [-0.2, 0) is 17.8 Å². The summed E-state index contributed by atoms with van der Waals surface area (Å²) < 4.78 is 40.2. The minimum absolute atomic E-state index is 0.169. The molecule has 0 amide bonds. The first kappa shape index (κ1) is 15.2. The molecule has 0 fully saturated rings. The monoisotopic (exact) mass is 282 g/mol. The van der Waals surface area contributed by atoms with Gasteiger partial charge in [0.2, 0.25) is 0 Å². The molecule has 1 aromatic rings. The molecule has 0 saturated heterocycles. The molecule has 0 aliphatic heterocycles. The van der Waals surface area contributed by atoms with Gasteiger partial charge in [0.25, 0.3) is 0 Å². The summed E-state index contributed by atoms with van der Waals surface area (Å²) in [5.41, 5.74) is 0.704. The average Bonchev–Trinajstić information content (AvgIpc) is 2.12. The summed E-state index contributed by atoms with van der Waals surface area (Å²) in [6, 6.07) is 1.61. The molecule has 1 heterocycles. The number of nitrogens with zero attached hydrogens (tertiary/aromatic N) is 2. The van der Waals surface area contributed by atoms with E-state index in [4.69, 9.17) is 11.6 Å². The van der Waals surface area contributed by atoms with Gasteiger partial charge in [-0.05, 0) is 18.4 Å². The SMILES string of the molecule is CC(C)Cc1cc(Cl)nc(COCC(F)(F)F)n1. The summed E-state index contributed by atoms with van der Waals surface area (Å²) in [5, 5.41) is 0.214. The lowest BCUT2D eigenvalue weighted by atomic mass is 10.1. The van der Waals surface area contributed by atoms with Crippen molar-refractivity contribution in [2.75, 3.05) is 6.61 Å². The number of hydrogen-bond donors (Lipinski definition) is 0. The van der Waals surface area contributed by atoms with E-state index in [1.54, 1.807) is 6.07 Å². The van der Waals surface area contributed by atoms with Crippen LogP contribution in [0.25, 0.3) is 0 Å². The van der Waals surface area contributed by atoms with Crippen molar-refractivity contribution in [1.82, 2.24) is 9.97 Å². The van der Waals surface area contributed by atoms with Crippen LogP contribution in [0.5, 0.6) is 0 Å². The third-order valence-electron chi connectivity index (χ3n) is 1.91. The van der Waals surface area contributed by atoms with E-state index in [9.17, 15) is 13.2 Å². The summed E-state index contributed by atoms with van der Waals surface area (Å²) in [4.78, 5) is 7.93. The smallest absolute Gasteiger partial charge is 0.364 e. The van der Waals surface area contributed by atoms with E-state index < -0.39 is 12.8 Å². The molecule has 7 heteroatoms. The molecule has 0 bridgehead atoms. The van der Waals surface area contributed by atoms with E-state index in [0.29, 0.717) is 18.0 Å². The fourth-order valence-electron chi connectivity index (χ4n) is 1.36. The lowest BCUT2D eigenvalue weighted by Crippen LogP contribution is -2.17. The van der Waals surface area contributed by atoms with Crippen LogP contribution in [0, 0.1) is 5.92 Å². The molecular weight excluding hydrogens is 269 g/mol. The van der Waals surface area contributed by atoms with E-state index >= 15 is 0 Å². The molecule has 18 heavy (non-hydrogen) atoms. The minimum atomic E-state index is -4.35. The minimum Gasteiger partial charge on any atom is -0.364 e. The molecule has 0 unspecified atom stereocenters. The highest BCUT2D eigenvalue weighted by atomic mass is 35.5. The van der Waals surface area contributed by atoms with E-state index in [1.807, 2.05) is 13.8 Å². The molecule has 0 aromatic carbocycles. The molecule has 0 aliphatic rings. The quantitative estimate of drug-likeness (QED) is 0.776. The second kappa shape index (κ2) is 6.33. The van der Waals surface area contributed by atoms with Crippen molar-refractivity contribution in [2.45, 2.75) is 33.1 Å². The molecule has 1 aromatic heterocycles. The summed E-state index contributed by atoms with van der Waals surface area (Å²) in [6.07, 6.45) is -3.66. The standard InChI is InChI=1S/C11H14ClF3N2O/c1-7(2)3-8-4-9(12)17-10(16-8)5-18-6-11(13,14)15/h4,7H,3,5-6H2,1-2H3. The Morgan fingerprint density at radius 2 is 2.00 bits per heavy atom. The molecule has 102 valence electrons. The molecule has 0 atom stereocenters. The lowest BCUT2D eigenvalue weighted by molar-refractivity contribution is -0.177. The van der Waals surface area contributed by atoms with Crippen LogP contribution >= 0.6 is 11.6 Å². The topological polar surface area (TPSA) is 35.0 Å². The maximum Gasteiger partial charge on any atom is 0.411 e. The largest absolute Gasteiger partial charge is 0.411 e. The van der Waals surface area contributed by atoms with Crippen molar-refractivity contribution in [2.24, 2.45) is 5.92 Å². The number of ether oxygens (including phenoxy) is 1. The second-order valence-electron chi connectivity index (χ2n) is 4.30. The van der Waals surface area contributed by atoms with Gasteiger partial charge in [-0.3, -0.25) is 0 Å². The molecule has 0 aliphatic carbocycles. The van der Waals surface area contributed by atoms with E-state index in [-0.39, 0.29) is 17.6 Å². The van der Waals surface area contributed by atoms with Crippen molar-refractivity contribution >= 4 is 11.6 Å². The number of alkyl halides is 3. The van der Waals surface area contributed by atoms with Crippen molar-refractivity contribution in [3.63, 3.8) is 0 Å². The van der Waals surface area contributed by atoms with Gasteiger partial charge < -0.3 is 4.74 Å². The Labute approximate surface area is 108 Å². The first-order chi connectivity index (χ1) is 8.26. The van der Waals surface area contributed by atoms with Crippen molar-refractivity contribution in [3.05, 3.63) is 22.7 Å². The van der Waals surface area contributed by atoms with E-state index in [2.05, 4.69) is 14.7 Å². The van der Waals surface area contributed by atoms with Crippen LogP contribution in [0.1, 0.15) is 25.4 Å². The van der Waals surface area contributed by atoms with Crippen LogP contribution in [0.2, 0.25) is 5.15 Å². The van der Waals surface area contributed by atoms with E-state index in [0.717, 1.165) is 0 Å². The Morgan fingerprint density at radius 3 is 2.56 bits per heavy atom. The lowest BCUT2D eigenvalue weighted by Gasteiger charge is -2.09. The molecule has 0 spiro atoms. The fourth-order valence-corrected chi connectivity index (χ4v) is 1.59. The van der Waals surface area contributed by atoms with Gasteiger partial charge in [0.05, 0.1) is 0 Å². The highest BCUT2D eigenvalue weighted by Gasteiger charge is 2.27. The zero-order chi connectivity index (χ0) is 13.8. The van der Waals surface area contributed by atoms with Crippen molar-refractivity contribution < 1.29 is 17.9 Å². The Bertz CT molecular complexity index is 396. The summed E-state index contributed by atoms with van der Waals surface area (Å²) in [5.74, 6) is 0.544. The predicted molar refractivity (Wildman–Crippen MR) is 61.3 cm³/mol. The van der Waals surface area contributed by atoms with Crippen molar-refractivity contribution in [3.8, 4) is 0 Å². The van der Waals surface area contributed by atoms with Gasteiger partial charge in [-0.25, -0.2) is 9.97 Å². The van der Waals surface area contributed by atoms with Crippen LogP contribution < -0.4 is 0 Å². The highest BCUT2D eigenvalue weighted by Crippen LogP contribution is 2.16. The van der Waals surface area contributed by atoms with Gasteiger partial charge in [-0.1, -0.05) is 25.4 Å². The van der Waals surface area contributed by atoms with Crippen LogP contribution in [0.15, 0.2) is 6.07 Å². The van der Waals surface area contributed by atoms with Crippen LogP contribution in [-0.4, -0.2) is 22.8 Å². The molecular formula is C11H14ClF3N2O. The van der Waals surface area contributed by atoms with Gasteiger partial charge >= 0.3 is 6.18 Å². The summed E-state index contributed by atoms with van der Waals surface area (Å²) in [6.45, 7) is 2.40. The fraction of sp³-hybridized carbons (Fsp3) is 0.636. The predicted octanol–water partition coefficient (Wildman–Crippen LogP) is 3.41. The van der Waals surface area contributed by atoms with Gasteiger partial charge in [0.15, 0.2) is 5.82 Å². The Morgan fingerprint density at radius 1 is 1.33 bits per heavy atom. The highest BCUT2D eigenvalue weighted by molar-refractivity contribution is 6.29. The summed E-state index contributed by atoms with van der Waals surface area (Å²) >= 11 is 5.77. The second-order valence-corrected chi connectivity index (χ2v) is 4.69. The number of rotatable bonds is 5. The average molecular weight is 283 g/mol. The van der Waals surface area contributed by atoms with Gasteiger partial charge in [-0.2, -0.15) is 13.2 Å². The Hall–Kier alpha value is -0.880. The molecule has 1 rings (SSSR count). The first-order valence-electron chi connectivity index (χ1n) is 5.43. The maximum absolute atomic E-state index is 11.9. The van der Waals surface area contributed by atoms with Gasteiger partial charge in [0, 0.05) is 5.69 Å². The first-order valence-corrected chi connectivity index (χ1v) is 5.81. The zero-order valence-electron chi connectivity index (χ0n) is 10.1. The van der Waals surface area contributed by atoms with Gasteiger partial charge in [0.1, 0.15) is 18.4 Å². The molecule has 3 nitrogen and oxygen atoms in total. The maximum atomic E-state index is 11.9. The zero-order valence-corrected chi connectivity index (χ0v) is 10.8. The number of halogens is 4. The summed E-state index contributed by atoms with van der Waals surface area (Å²) in [7, 11) is 0.